The fourth-order valence-electron chi connectivity index (χ4n) is 2.48. The molecule has 0 saturated carbocycles. The molecule has 0 bridgehead atoms. The zero-order valence-electron chi connectivity index (χ0n) is 12.8. The minimum atomic E-state index is -0.594. The summed E-state index contributed by atoms with van der Waals surface area (Å²) >= 11 is 1.44. The normalized spacial score (nSPS) is 19.1. The number of nitro benzene ring substituents is 1. The third-order valence-electron chi connectivity index (χ3n) is 3.68. The molecule has 1 aromatic rings. The van der Waals surface area contributed by atoms with Crippen LogP contribution in [0.15, 0.2) is 34.9 Å². The van der Waals surface area contributed by atoms with Crippen molar-refractivity contribution >= 4 is 29.3 Å². The lowest BCUT2D eigenvalue weighted by atomic mass is 10.1. The number of β-lactam (4-membered cyclic amide) rings is 1. The number of nitro groups is 1. The summed E-state index contributed by atoms with van der Waals surface area (Å²) in [5.74, 6) is -0.704. The smallest absolute Gasteiger partial charge is 0.356 e. The zero-order valence-corrected chi connectivity index (χ0v) is 13.6. The molecule has 0 radical (unpaired) electrons. The van der Waals surface area contributed by atoms with Crippen molar-refractivity contribution < 1.29 is 24.0 Å². The van der Waals surface area contributed by atoms with Gasteiger partial charge in [-0.3, -0.25) is 19.8 Å². The van der Waals surface area contributed by atoms with Crippen molar-refractivity contribution in [2.75, 3.05) is 13.7 Å². The Morgan fingerprint density at radius 3 is 2.67 bits per heavy atom. The molecule has 3 rings (SSSR count). The number of non-ortho nitro benzene ring substituents is 1. The molecule has 1 unspecified atom stereocenters. The molecule has 2 aliphatic rings. The molecule has 0 N–H and O–H groups in total. The molecule has 1 atom stereocenters. The fraction of sp³-hybridized carbons (Fsp3) is 0.333. The average molecular weight is 350 g/mol. The molecular weight excluding hydrogens is 336 g/mol. The molecule has 1 aromatic carbocycles. The number of amides is 1. The van der Waals surface area contributed by atoms with E-state index in [9.17, 15) is 19.7 Å². The maximum Gasteiger partial charge on any atom is 0.356 e. The van der Waals surface area contributed by atoms with E-state index >= 15 is 0 Å². The lowest BCUT2D eigenvalue weighted by molar-refractivity contribution is -0.384. The van der Waals surface area contributed by atoms with Crippen LogP contribution in [0.3, 0.4) is 0 Å². The van der Waals surface area contributed by atoms with Crippen molar-refractivity contribution in [2.45, 2.75) is 18.4 Å². The number of ether oxygens (including phenoxy) is 2. The Labute approximate surface area is 141 Å². The van der Waals surface area contributed by atoms with Crippen LogP contribution in [-0.4, -0.2) is 40.8 Å². The van der Waals surface area contributed by atoms with Gasteiger partial charge in [-0.05, 0) is 17.7 Å². The van der Waals surface area contributed by atoms with Crippen LogP contribution in [-0.2, 0) is 25.7 Å². The van der Waals surface area contributed by atoms with Crippen LogP contribution >= 0.6 is 11.8 Å². The van der Waals surface area contributed by atoms with Crippen LogP contribution < -0.4 is 0 Å². The number of benzene rings is 1. The highest BCUT2D eigenvalue weighted by atomic mass is 32.2. The maximum absolute atomic E-state index is 12.4. The van der Waals surface area contributed by atoms with E-state index < -0.39 is 10.9 Å². The minimum Gasteiger partial charge on any atom is -0.456 e. The Morgan fingerprint density at radius 2 is 2.08 bits per heavy atom. The number of thioether (sulfide) groups is 1. The van der Waals surface area contributed by atoms with Crippen LogP contribution in [0, 0.1) is 10.1 Å². The monoisotopic (exact) mass is 350 g/mol. The van der Waals surface area contributed by atoms with Gasteiger partial charge in [-0.15, -0.1) is 0 Å². The number of hydrogen-bond acceptors (Lipinski definition) is 7. The Kier molecular flexibility index (Phi) is 4.54. The molecule has 0 spiro atoms. The summed E-state index contributed by atoms with van der Waals surface area (Å²) in [4.78, 5) is 36.3. The second-order valence-electron chi connectivity index (χ2n) is 5.24. The first-order valence-electron chi connectivity index (χ1n) is 7.12. The van der Waals surface area contributed by atoms with Crippen molar-refractivity contribution in [3.63, 3.8) is 0 Å². The molecule has 8 nitrogen and oxygen atoms in total. The van der Waals surface area contributed by atoms with E-state index in [2.05, 4.69) is 0 Å². The van der Waals surface area contributed by atoms with Crippen LogP contribution in [0.1, 0.15) is 12.0 Å². The van der Waals surface area contributed by atoms with Gasteiger partial charge in [-0.2, -0.15) is 0 Å². The Balaban J connectivity index is 1.68. The first-order chi connectivity index (χ1) is 11.5. The molecule has 0 aromatic heterocycles. The number of fused-ring (bicyclic) bond motifs is 1. The first-order valence-corrected chi connectivity index (χ1v) is 8.00. The molecule has 2 heterocycles. The number of carbonyl (C=O) groups is 2. The molecule has 1 amide bonds. The van der Waals surface area contributed by atoms with E-state index in [4.69, 9.17) is 9.47 Å². The molecule has 2 aliphatic heterocycles. The van der Waals surface area contributed by atoms with E-state index in [0.717, 1.165) is 0 Å². The van der Waals surface area contributed by atoms with E-state index in [1.807, 2.05) is 0 Å². The number of esters is 1. The third-order valence-corrected chi connectivity index (χ3v) is 4.92. The van der Waals surface area contributed by atoms with Crippen LogP contribution in [0.2, 0.25) is 0 Å². The quantitative estimate of drug-likeness (QED) is 0.334. The Hall–Kier alpha value is -2.39. The molecular formula is C15H14N2O6S. The average Bonchev–Trinajstić information content (AvgIpc) is 2.85. The topological polar surface area (TPSA) is 99.0 Å². The summed E-state index contributed by atoms with van der Waals surface area (Å²) in [6, 6.07) is 5.74. The Bertz CT molecular complexity index is 730. The summed E-state index contributed by atoms with van der Waals surface area (Å²) in [5.41, 5.74) is 0.835. The fourth-order valence-corrected chi connectivity index (χ4v) is 3.84. The number of carbonyl (C=O) groups excluding carboxylic acids is 2. The highest BCUT2D eigenvalue weighted by Gasteiger charge is 2.48. The summed E-state index contributed by atoms with van der Waals surface area (Å²) in [6.45, 7) is 0.213. The maximum atomic E-state index is 12.4. The largest absolute Gasteiger partial charge is 0.456 e. The molecule has 24 heavy (non-hydrogen) atoms. The lowest BCUT2D eigenvalue weighted by Gasteiger charge is -2.34. The van der Waals surface area contributed by atoms with Crippen LogP contribution in [0.5, 0.6) is 0 Å². The summed E-state index contributed by atoms with van der Waals surface area (Å²) in [6.07, 6.45) is 0.400. The molecule has 126 valence electrons. The second kappa shape index (κ2) is 6.62. The third kappa shape index (κ3) is 3.00. The highest BCUT2D eigenvalue weighted by molar-refractivity contribution is 8.04. The predicted octanol–water partition coefficient (Wildman–Crippen LogP) is 1.80. The van der Waals surface area contributed by atoms with Crippen molar-refractivity contribution in [3.05, 3.63) is 50.5 Å². The number of nitrogens with zero attached hydrogens (tertiary/aromatic N) is 2. The van der Waals surface area contributed by atoms with Crippen molar-refractivity contribution in [1.82, 2.24) is 4.90 Å². The summed E-state index contributed by atoms with van der Waals surface area (Å²) in [7, 11) is 1.52. The van der Waals surface area contributed by atoms with Gasteiger partial charge in [0.05, 0.1) is 23.3 Å². The predicted molar refractivity (Wildman–Crippen MR) is 84.6 cm³/mol. The second-order valence-corrected chi connectivity index (χ2v) is 6.52. The SMILES string of the molecule is COCC1=C(C(=O)OCc2ccc([N+](=O)[O-])cc2)N2C(=O)CC2S1. The van der Waals surface area contributed by atoms with E-state index in [-0.39, 0.29) is 35.9 Å². The summed E-state index contributed by atoms with van der Waals surface area (Å²) in [5, 5.41) is 10.6. The van der Waals surface area contributed by atoms with Crippen molar-refractivity contribution in [3.8, 4) is 0 Å². The van der Waals surface area contributed by atoms with Crippen LogP contribution in [0.4, 0.5) is 5.69 Å². The number of hydrogen-bond donors (Lipinski definition) is 0. The summed E-state index contributed by atoms with van der Waals surface area (Å²) < 4.78 is 10.3. The van der Waals surface area contributed by atoms with Gasteiger partial charge < -0.3 is 9.47 Å². The van der Waals surface area contributed by atoms with E-state index in [1.54, 1.807) is 0 Å². The number of rotatable bonds is 6. The van der Waals surface area contributed by atoms with Gasteiger partial charge in [0.25, 0.3) is 5.69 Å². The van der Waals surface area contributed by atoms with Gasteiger partial charge in [0, 0.05) is 24.1 Å². The van der Waals surface area contributed by atoms with Gasteiger partial charge in [0.1, 0.15) is 12.3 Å². The highest BCUT2D eigenvalue weighted by Crippen LogP contribution is 2.46. The number of methoxy groups -OCH3 is 1. The standard InChI is InChI=1S/C15H14N2O6S/c1-22-8-11-14(16-12(18)6-13(16)24-11)15(19)23-7-9-2-4-10(5-3-9)17(20)21/h2-5,13H,6-8H2,1H3. The van der Waals surface area contributed by atoms with Gasteiger partial charge in [-0.25, -0.2) is 4.79 Å². The molecule has 9 heteroatoms. The minimum absolute atomic E-state index is 0.0298. The zero-order chi connectivity index (χ0) is 17.3. The molecule has 1 saturated heterocycles. The van der Waals surface area contributed by atoms with Gasteiger partial charge in [0.2, 0.25) is 5.91 Å². The lowest BCUT2D eigenvalue weighted by Crippen LogP contribution is -2.48. The molecule has 1 fully saturated rings. The molecule has 0 aliphatic carbocycles. The van der Waals surface area contributed by atoms with Gasteiger partial charge in [-0.1, -0.05) is 11.8 Å². The van der Waals surface area contributed by atoms with E-state index in [0.29, 0.717) is 16.9 Å². The van der Waals surface area contributed by atoms with Gasteiger partial charge >= 0.3 is 5.97 Å². The van der Waals surface area contributed by atoms with Crippen molar-refractivity contribution in [1.29, 1.82) is 0 Å². The first kappa shape index (κ1) is 16.5. The van der Waals surface area contributed by atoms with Gasteiger partial charge in [0.15, 0.2) is 0 Å². The van der Waals surface area contributed by atoms with E-state index in [1.165, 1.54) is 48.0 Å². The van der Waals surface area contributed by atoms with Crippen molar-refractivity contribution in [2.24, 2.45) is 0 Å². The van der Waals surface area contributed by atoms with Crippen LogP contribution in [0.25, 0.3) is 0 Å². The Morgan fingerprint density at radius 1 is 1.38 bits per heavy atom.